The molecule has 13 heavy (non-hydrogen) atoms. The second-order valence-corrected chi connectivity index (χ2v) is 2.43. The summed E-state index contributed by atoms with van der Waals surface area (Å²) in [7, 11) is 0. The Bertz CT molecular complexity index is 256. The molecular weight excluding hydrogens is 178 g/mol. The Labute approximate surface area is 73.9 Å². The van der Waals surface area contributed by atoms with E-state index in [1.165, 1.54) is 0 Å². The van der Waals surface area contributed by atoms with Crippen LogP contribution < -0.4 is 5.32 Å². The molecule has 0 aliphatic heterocycles. The van der Waals surface area contributed by atoms with E-state index in [4.69, 9.17) is 10.2 Å². The molecule has 0 bridgehead atoms. The highest BCUT2D eigenvalue weighted by Gasteiger charge is 2.42. The van der Waals surface area contributed by atoms with Gasteiger partial charge in [0.25, 0.3) is 0 Å². The number of aliphatic carboxylic acids is 2. The van der Waals surface area contributed by atoms with E-state index in [9.17, 15) is 14.4 Å². The highest BCUT2D eigenvalue weighted by molar-refractivity contribution is 6.07. The second kappa shape index (κ2) is 3.70. The van der Waals surface area contributed by atoms with Crippen LogP contribution in [0.1, 0.15) is 6.92 Å². The monoisotopic (exact) mass is 187 g/mol. The molecule has 6 nitrogen and oxygen atoms in total. The first-order chi connectivity index (χ1) is 5.84. The topological polar surface area (TPSA) is 104 Å². The van der Waals surface area contributed by atoms with Crippen LogP contribution in [0, 0.1) is 0 Å². The van der Waals surface area contributed by atoms with Crippen molar-refractivity contribution < 1.29 is 24.6 Å². The molecular formula is C7H9NO5. The van der Waals surface area contributed by atoms with E-state index in [2.05, 4.69) is 6.58 Å². The van der Waals surface area contributed by atoms with Crippen LogP contribution in [-0.4, -0.2) is 33.6 Å². The van der Waals surface area contributed by atoms with Crippen molar-refractivity contribution >= 4 is 17.8 Å². The predicted molar refractivity (Wildman–Crippen MR) is 42.0 cm³/mol. The third kappa shape index (κ3) is 2.29. The molecule has 0 fully saturated rings. The van der Waals surface area contributed by atoms with Gasteiger partial charge in [-0.2, -0.15) is 0 Å². The molecule has 3 N–H and O–H groups in total. The molecule has 0 saturated carbocycles. The van der Waals surface area contributed by atoms with Crippen LogP contribution in [0.3, 0.4) is 0 Å². The van der Waals surface area contributed by atoms with E-state index in [0.717, 1.165) is 13.0 Å². The zero-order chi connectivity index (χ0) is 10.6. The minimum atomic E-state index is -2.31. The van der Waals surface area contributed by atoms with Crippen LogP contribution in [0.5, 0.6) is 0 Å². The lowest BCUT2D eigenvalue weighted by molar-refractivity contribution is -0.159. The minimum absolute atomic E-state index is 0.796. The van der Waals surface area contributed by atoms with Crippen LogP contribution >= 0.6 is 0 Å². The Balaban J connectivity index is 4.82. The summed E-state index contributed by atoms with van der Waals surface area (Å²) >= 11 is 0. The van der Waals surface area contributed by atoms with Gasteiger partial charge in [0.15, 0.2) is 0 Å². The summed E-state index contributed by atoms with van der Waals surface area (Å²) in [4.78, 5) is 31.6. The van der Waals surface area contributed by atoms with Gasteiger partial charge in [0.1, 0.15) is 0 Å². The molecule has 0 aromatic heterocycles. The average molecular weight is 187 g/mol. The molecule has 6 heteroatoms. The van der Waals surface area contributed by atoms with Gasteiger partial charge in [-0.05, 0) is 13.0 Å². The standard InChI is InChI=1S/C7H9NO5/c1-3-4(9)8-7(2,5(10)11)6(12)13/h3H,1H2,2H3,(H,8,9)(H,10,11)(H,12,13). The number of amides is 1. The fraction of sp³-hybridized carbons (Fsp3) is 0.286. The Morgan fingerprint density at radius 3 is 1.92 bits per heavy atom. The number of carbonyl (C=O) groups excluding carboxylic acids is 1. The van der Waals surface area contributed by atoms with Gasteiger partial charge in [0.2, 0.25) is 11.4 Å². The molecule has 0 heterocycles. The molecule has 0 spiro atoms. The van der Waals surface area contributed by atoms with Crippen LogP contribution in [0.4, 0.5) is 0 Å². The summed E-state index contributed by atoms with van der Waals surface area (Å²) in [5, 5.41) is 18.8. The predicted octanol–water partition coefficient (Wildman–Crippen LogP) is -0.783. The Hall–Kier alpha value is -1.85. The van der Waals surface area contributed by atoms with Crippen LogP contribution in [0.15, 0.2) is 12.7 Å². The number of carbonyl (C=O) groups is 3. The van der Waals surface area contributed by atoms with Crippen molar-refractivity contribution in [2.45, 2.75) is 12.5 Å². The maximum atomic E-state index is 10.7. The summed E-state index contributed by atoms with van der Waals surface area (Å²) in [5.74, 6) is -4.14. The van der Waals surface area contributed by atoms with Gasteiger partial charge in [-0.25, -0.2) is 9.59 Å². The van der Waals surface area contributed by atoms with E-state index in [0.29, 0.717) is 0 Å². The van der Waals surface area contributed by atoms with Crippen molar-refractivity contribution in [1.29, 1.82) is 0 Å². The van der Waals surface area contributed by atoms with Crippen molar-refractivity contribution in [2.24, 2.45) is 0 Å². The van der Waals surface area contributed by atoms with Crippen molar-refractivity contribution in [3.05, 3.63) is 12.7 Å². The first-order valence-electron chi connectivity index (χ1n) is 3.26. The highest BCUT2D eigenvalue weighted by atomic mass is 16.4. The number of carboxylic acid groups (broad SMARTS) is 2. The van der Waals surface area contributed by atoms with Gasteiger partial charge >= 0.3 is 11.9 Å². The summed E-state index contributed by atoms with van der Waals surface area (Å²) in [6.07, 6.45) is 0.796. The molecule has 0 radical (unpaired) electrons. The molecule has 1 amide bonds. The smallest absolute Gasteiger partial charge is 0.340 e. The van der Waals surface area contributed by atoms with E-state index >= 15 is 0 Å². The number of hydrogen-bond acceptors (Lipinski definition) is 3. The Morgan fingerprint density at radius 1 is 1.31 bits per heavy atom. The molecule has 0 aliphatic rings. The van der Waals surface area contributed by atoms with Crippen LogP contribution in [0.2, 0.25) is 0 Å². The van der Waals surface area contributed by atoms with Crippen molar-refractivity contribution in [1.82, 2.24) is 5.32 Å². The average Bonchev–Trinajstić information content (AvgIpc) is 2.03. The minimum Gasteiger partial charge on any atom is -0.479 e. The maximum absolute atomic E-state index is 10.7. The van der Waals surface area contributed by atoms with Crippen LogP contribution in [-0.2, 0) is 14.4 Å². The summed E-state index contributed by atoms with van der Waals surface area (Å²) in [6.45, 7) is 3.94. The Morgan fingerprint density at radius 2 is 1.69 bits per heavy atom. The molecule has 0 aromatic carbocycles. The first-order valence-corrected chi connectivity index (χ1v) is 3.26. The number of carboxylic acids is 2. The normalized spacial score (nSPS) is 10.2. The van der Waals surface area contributed by atoms with Gasteiger partial charge in [-0.15, -0.1) is 0 Å². The number of rotatable bonds is 4. The lowest BCUT2D eigenvalue weighted by atomic mass is 10.0. The van der Waals surface area contributed by atoms with E-state index < -0.39 is 23.4 Å². The quantitative estimate of drug-likeness (QED) is 0.395. The Kier molecular flexibility index (Phi) is 3.18. The van der Waals surface area contributed by atoms with Crippen molar-refractivity contribution in [2.75, 3.05) is 0 Å². The maximum Gasteiger partial charge on any atom is 0.340 e. The van der Waals surface area contributed by atoms with Gasteiger partial charge in [-0.1, -0.05) is 6.58 Å². The van der Waals surface area contributed by atoms with E-state index in [1.54, 1.807) is 5.32 Å². The molecule has 0 aliphatic carbocycles. The molecule has 0 rings (SSSR count). The highest BCUT2D eigenvalue weighted by Crippen LogP contribution is 2.03. The number of hydrogen-bond donors (Lipinski definition) is 3. The molecule has 0 aromatic rings. The zero-order valence-corrected chi connectivity index (χ0v) is 6.90. The molecule has 72 valence electrons. The zero-order valence-electron chi connectivity index (χ0n) is 6.90. The summed E-state index contributed by atoms with van der Waals surface area (Å²) in [6, 6.07) is 0. The first kappa shape index (κ1) is 11.2. The lowest BCUT2D eigenvalue weighted by Crippen LogP contribution is -2.57. The largest absolute Gasteiger partial charge is 0.479 e. The summed E-state index contributed by atoms with van der Waals surface area (Å²) < 4.78 is 0. The molecule has 0 saturated heterocycles. The third-order valence-electron chi connectivity index (χ3n) is 1.41. The second-order valence-electron chi connectivity index (χ2n) is 2.43. The van der Waals surface area contributed by atoms with Gasteiger partial charge in [-0.3, -0.25) is 4.79 Å². The van der Waals surface area contributed by atoms with Crippen LogP contribution in [0.25, 0.3) is 0 Å². The van der Waals surface area contributed by atoms with Gasteiger partial charge in [0.05, 0.1) is 0 Å². The van der Waals surface area contributed by atoms with Crippen molar-refractivity contribution in [3.8, 4) is 0 Å². The van der Waals surface area contributed by atoms with Gasteiger partial charge in [0, 0.05) is 0 Å². The lowest BCUT2D eigenvalue weighted by Gasteiger charge is -2.19. The number of nitrogens with one attached hydrogen (secondary N) is 1. The van der Waals surface area contributed by atoms with Crippen molar-refractivity contribution in [3.63, 3.8) is 0 Å². The van der Waals surface area contributed by atoms with Gasteiger partial charge < -0.3 is 15.5 Å². The van der Waals surface area contributed by atoms with E-state index in [-0.39, 0.29) is 0 Å². The fourth-order valence-corrected chi connectivity index (χ4v) is 0.496. The summed E-state index contributed by atoms with van der Waals surface area (Å²) in [5.41, 5.74) is -2.31. The SMILES string of the molecule is C=CC(=O)NC(C)(C(=O)O)C(=O)O. The van der Waals surface area contributed by atoms with E-state index in [1.807, 2.05) is 0 Å². The third-order valence-corrected chi connectivity index (χ3v) is 1.41. The molecule has 0 unspecified atom stereocenters. The molecule has 0 atom stereocenters. The fourth-order valence-electron chi connectivity index (χ4n) is 0.496.